The molecule has 10 heteroatoms. The summed E-state index contributed by atoms with van der Waals surface area (Å²) >= 11 is 0. The minimum atomic E-state index is -4.77. The van der Waals surface area contributed by atoms with Crippen molar-refractivity contribution in [2.24, 2.45) is 0 Å². The van der Waals surface area contributed by atoms with Crippen LogP contribution >= 0.6 is 0 Å². The molecule has 1 saturated heterocycles. The van der Waals surface area contributed by atoms with Crippen molar-refractivity contribution in [2.45, 2.75) is 19.0 Å². The highest BCUT2D eigenvalue weighted by molar-refractivity contribution is 5.89. The molecule has 0 saturated carbocycles. The largest absolute Gasteiger partial charge is 0.573 e. The molecule has 3 amide bonds. The molecular weight excluding hydrogens is 391 g/mol. The van der Waals surface area contributed by atoms with E-state index in [4.69, 9.17) is 4.74 Å². The van der Waals surface area contributed by atoms with E-state index in [9.17, 15) is 22.8 Å². The zero-order valence-electron chi connectivity index (χ0n) is 15.1. The number of nitrogens with one attached hydrogen (secondary N) is 2. The first-order valence-electron chi connectivity index (χ1n) is 8.67. The molecule has 7 nitrogen and oxygen atoms in total. The third-order valence-electron chi connectivity index (χ3n) is 4.03. The Bertz CT molecular complexity index is 838. The highest BCUT2D eigenvalue weighted by atomic mass is 19.4. The van der Waals surface area contributed by atoms with Crippen molar-refractivity contribution in [3.05, 3.63) is 60.2 Å². The Morgan fingerprint density at radius 1 is 1.03 bits per heavy atom. The highest BCUT2D eigenvalue weighted by Gasteiger charge is 2.33. The van der Waals surface area contributed by atoms with E-state index in [1.807, 2.05) is 30.3 Å². The molecule has 2 aromatic rings. The smallest absolute Gasteiger partial charge is 0.445 e. The number of halogens is 3. The third kappa shape index (κ3) is 6.30. The van der Waals surface area contributed by atoms with Crippen molar-refractivity contribution >= 4 is 17.8 Å². The van der Waals surface area contributed by atoms with Crippen molar-refractivity contribution in [3.63, 3.8) is 0 Å². The maximum absolute atomic E-state index is 12.1. The first-order chi connectivity index (χ1) is 13.8. The maximum Gasteiger partial charge on any atom is 0.573 e. The molecule has 0 radical (unpaired) electrons. The quantitative estimate of drug-likeness (QED) is 0.789. The predicted octanol–water partition coefficient (Wildman–Crippen LogP) is 3.73. The molecule has 0 unspecified atom stereocenters. The molecule has 0 atom stereocenters. The van der Waals surface area contributed by atoms with Crippen molar-refractivity contribution in [1.29, 1.82) is 0 Å². The highest BCUT2D eigenvalue weighted by Crippen LogP contribution is 2.24. The second-order valence-electron chi connectivity index (χ2n) is 6.31. The van der Waals surface area contributed by atoms with Gasteiger partial charge < -0.3 is 25.0 Å². The van der Waals surface area contributed by atoms with Gasteiger partial charge in [0.25, 0.3) is 0 Å². The summed E-state index contributed by atoms with van der Waals surface area (Å²) in [5, 5.41) is 5.17. The van der Waals surface area contributed by atoms with Crippen molar-refractivity contribution in [3.8, 4) is 5.75 Å². The summed E-state index contributed by atoms with van der Waals surface area (Å²) in [6, 6.07) is 13.2. The number of urea groups is 1. The van der Waals surface area contributed by atoms with E-state index < -0.39 is 18.5 Å². The normalized spacial score (nSPS) is 14.0. The fourth-order valence-corrected chi connectivity index (χ4v) is 2.62. The Kier molecular flexibility index (Phi) is 6.10. The molecule has 0 aliphatic carbocycles. The van der Waals surface area contributed by atoms with Gasteiger partial charge in [-0.05, 0) is 29.8 Å². The number of hydrogen-bond acceptors (Lipinski definition) is 4. The summed E-state index contributed by atoms with van der Waals surface area (Å²) in [4.78, 5) is 25.3. The minimum Gasteiger partial charge on any atom is -0.445 e. The molecule has 0 aromatic heterocycles. The lowest BCUT2D eigenvalue weighted by molar-refractivity contribution is -0.274. The third-order valence-corrected chi connectivity index (χ3v) is 4.03. The maximum atomic E-state index is 12.1. The Morgan fingerprint density at radius 2 is 1.69 bits per heavy atom. The van der Waals surface area contributed by atoms with Gasteiger partial charge in [0.1, 0.15) is 12.4 Å². The molecule has 2 aromatic carbocycles. The molecule has 1 fully saturated rings. The molecule has 1 aliphatic rings. The zero-order chi connectivity index (χ0) is 20.9. The average Bonchev–Trinajstić information content (AvgIpc) is 2.64. The number of hydrogen-bond donors (Lipinski definition) is 2. The number of likely N-dealkylation sites (tertiary alicyclic amines) is 1. The lowest BCUT2D eigenvalue weighted by Crippen LogP contribution is -2.61. The second kappa shape index (κ2) is 8.72. The molecular formula is C19H18F3N3O4. The minimum absolute atomic E-state index is 0.169. The monoisotopic (exact) mass is 409 g/mol. The van der Waals surface area contributed by atoms with Crippen LogP contribution in [-0.4, -0.2) is 42.5 Å². The molecule has 154 valence electrons. The number of rotatable bonds is 5. The summed E-state index contributed by atoms with van der Waals surface area (Å²) in [6.45, 7) is 0.779. The first-order valence-corrected chi connectivity index (χ1v) is 8.67. The van der Waals surface area contributed by atoms with Crippen LogP contribution in [0.2, 0.25) is 0 Å². The SMILES string of the molecule is O=C(Nc1ccc(OC(F)(F)F)cc1)NC1CN(C(=O)OCc2ccccc2)C1. The van der Waals surface area contributed by atoms with Gasteiger partial charge in [0.2, 0.25) is 0 Å². The topological polar surface area (TPSA) is 79.9 Å². The Balaban J connectivity index is 1.36. The van der Waals surface area contributed by atoms with E-state index in [-0.39, 0.29) is 18.4 Å². The standard InChI is InChI=1S/C19H18F3N3O4/c20-19(21,22)29-16-8-6-14(7-9-16)23-17(26)24-15-10-25(11-15)18(27)28-12-13-4-2-1-3-5-13/h1-9,15H,10-12H2,(H2,23,24,26). The number of amides is 3. The summed E-state index contributed by atoms with van der Waals surface area (Å²) < 4.78 is 45.3. The van der Waals surface area contributed by atoms with E-state index in [0.29, 0.717) is 18.8 Å². The lowest BCUT2D eigenvalue weighted by atomic mass is 10.1. The van der Waals surface area contributed by atoms with Crippen LogP contribution in [0.5, 0.6) is 5.75 Å². The van der Waals surface area contributed by atoms with Crippen LogP contribution in [0.25, 0.3) is 0 Å². The van der Waals surface area contributed by atoms with Crippen LogP contribution in [0.4, 0.5) is 28.4 Å². The number of anilines is 1. The molecule has 3 rings (SSSR count). The van der Waals surface area contributed by atoms with E-state index in [1.54, 1.807) is 0 Å². The van der Waals surface area contributed by atoms with Crippen LogP contribution in [0, 0.1) is 0 Å². The van der Waals surface area contributed by atoms with Crippen LogP contribution in [0.1, 0.15) is 5.56 Å². The fraction of sp³-hybridized carbons (Fsp3) is 0.263. The number of nitrogens with zero attached hydrogens (tertiary/aromatic N) is 1. The van der Waals surface area contributed by atoms with Gasteiger partial charge >= 0.3 is 18.5 Å². The van der Waals surface area contributed by atoms with Crippen molar-refractivity contribution < 1.29 is 32.2 Å². The van der Waals surface area contributed by atoms with Gasteiger partial charge in [0.05, 0.1) is 6.04 Å². The van der Waals surface area contributed by atoms with Crippen LogP contribution in [0.3, 0.4) is 0 Å². The van der Waals surface area contributed by atoms with Gasteiger partial charge in [0.15, 0.2) is 0 Å². The Labute approximate surface area is 164 Å². The van der Waals surface area contributed by atoms with Gasteiger partial charge in [-0.1, -0.05) is 30.3 Å². The van der Waals surface area contributed by atoms with Gasteiger partial charge in [-0.25, -0.2) is 9.59 Å². The molecule has 1 heterocycles. The lowest BCUT2D eigenvalue weighted by Gasteiger charge is -2.38. The zero-order valence-corrected chi connectivity index (χ0v) is 15.1. The molecule has 29 heavy (non-hydrogen) atoms. The number of alkyl halides is 3. The average molecular weight is 409 g/mol. The summed E-state index contributed by atoms with van der Waals surface area (Å²) in [7, 11) is 0. The van der Waals surface area contributed by atoms with Crippen LogP contribution in [0.15, 0.2) is 54.6 Å². The molecule has 2 N–H and O–H groups in total. The number of carbonyl (C=O) groups excluding carboxylic acids is 2. The van der Waals surface area contributed by atoms with Crippen molar-refractivity contribution in [1.82, 2.24) is 10.2 Å². The number of carbonyl (C=O) groups is 2. The Morgan fingerprint density at radius 3 is 2.31 bits per heavy atom. The summed E-state index contributed by atoms with van der Waals surface area (Å²) in [5.74, 6) is -0.382. The number of benzene rings is 2. The Hall–Kier alpha value is -3.43. The first kappa shape index (κ1) is 20.3. The van der Waals surface area contributed by atoms with E-state index in [2.05, 4.69) is 15.4 Å². The van der Waals surface area contributed by atoms with E-state index in [1.165, 1.54) is 17.0 Å². The number of ether oxygens (including phenoxy) is 2. The molecule has 0 spiro atoms. The van der Waals surface area contributed by atoms with Gasteiger partial charge in [-0.2, -0.15) is 0 Å². The van der Waals surface area contributed by atoms with E-state index in [0.717, 1.165) is 17.7 Å². The second-order valence-corrected chi connectivity index (χ2v) is 6.31. The van der Waals surface area contributed by atoms with Crippen LogP contribution in [-0.2, 0) is 11.3 Å². The summed E-state index contributed by atoms with van der Waals surface area (Å²) in [6.07, 6.45) is -5.24. The van der Waals surface area contributed by atoms with Crippen LogP contribution < -0.4 is 15.4 Å². The molecule has 0 bridgehead atoms. The van der Waals surface area contributed by atoms with Gasteiger partial charge in [-0.3, -0.25) is 0 Å². The van der Waals surface area contributed by atoms with Gasteiger partial charge in [0, 0.05) is 18.8 Å². The van der Waals surface area contributed by atoms with Gasteiger partial charge in [-0.15, -0.1) is 13.2 Å². The van der Waals surface area contributed by atoms with E-state index >= 15 is 0 Å². The fourth-order valence-electron chi connectivity index (χ4n) is 2.62. The summed E-state index contributed by atoms with van der Waals surface area (Å²) in [5.41, 5.74) is 1.18. The molecule has 1 aliphatic heterocycles. The van der Waals surface area contributed by atoms with Crippen molar-refractivity contribution in [2.75, 3.05) is 18.4 Å². The predicted molar refractivity (Wildman–Crippen MR) is 97.3 cm³/mol.